The van der Waals surface area contributed by atoms with E-state index in [0.717, 1.165) is 23.1 Å². The Labute approximate surface area is 146 Å². The van der Waals surface area contributed by atoms with Crippen molar-refractivity contribution in [1.29, 1.82) is 0 Å². The molecule has 0 aliphatic heterocycles. The second-order valence-electron chi connectivity index (χ2n) is 6.64. The van der Waals surface area contributed by atoms with Gasteiger partial charge in [-0.1, -0.05) is 86.9 Å². The zero-order valence-corrected chi connectivity index (χ0v) is 15.3. The van der Waals surface area contributed by atoms with E-state index in [0.29, 0.717) is 0 Å². The summed E-state index contributed by atoms with van der Waals surface area (Å²) in [5, 5.41) is 6.49. The summed E-state index contributed by atoms with van der Waals surface area (Å²) >= 11 is 1.65. The van der Waals surface area contributed by atoms with Gasteiger partial charge >= 0.3 is 0 Å². The van der Waals surface area contributed by atoms with Crippen molar-refractivity contribution in [3.8, 4) is 0 Å². The fourth-order valence-electron chi connectivity index (χ4n) is 3.06. The molecular formula is C21H29NS. The summed E-state index contributed by atoms with van der Waals surface area (Å²) in [6.45, 7) is 12.5. The van der Waals surface area contributed by atoms with E-state index in [4.69, 9.17) is 0 Å². The highest BCUT2D eigenvalue weighted by molar-refractivity contribution is 8.05. The third-order valence-corrected chi connectivity index (χ3v) is 5.32. The Hall–Kier alpha value is -1.41. The molecule has 0 unspecified atom stereocenters. The molecule has 1 aliphatic rings. The van der Waals surface area contributed by atoms with Crippen LogP contribution in [0, 0.1) is 12.8 Å². The van der Waals surface area contributed by atoms with E-state index in [2.05, 4.69) is 62.0 Å². The lowest BCUT2D eigenvalue weighted by atomic mass is 9.86. The summed E-state index contributed by atoms with van der Waals surface area (Å²) in [7, 11) is 0. The van der Waals surface area contributed by atoms with Crippen molar-refractivity contribution < 1.29 is 0 Å². The fraction of sp³-hybridized carbons (Fsp3) is 0.429. The van der Waals surface area contributed by atoms with E-state index in [9.17, 15) is 0 Å². The van der Waals surface area contributed by atoms with Crippen molar-refractivity contribution in [2.24, 2.45) is 5.92 Å². The number of nitrogens with one attached hydrogen (secondary N) is 1. The van der Waals surface area contributed by atoms with Crippen molar-refractivity contribution in [2.75, 3.05) is 0 Å². The molecule has 0 radical (unpaired) electrons. The van der Waals surface area contributed by atoms with Gasteiger partial charge in [0.25, 0.3) is 0 Å². The monoisotopic (exact) mass is 327 g/mol. The zero-order chi connectivity index (χ0) is 16.7. The van der Waals surface area contributed by atoms with E-state index < -0.39 is 0 Å². The lowest BCUT2D eigenvalue weighted by Gasteiger charge is -2.23. The van der Waals surface area contributed by atoms with Crippen LogP contribution in [-0.4, -0.2) is 0 Å². The Kier molecular flexibility index (Phi) is 7.04. The first-order chi connectivity index (χ1) is 11.0. The molecule has 0 amide bonds. The third kappa shape index (κ3) is 6.31. The van der Waals surface area contributed by atoms with Gasteiger partial charge in [-0.3, -0.25) is 0 Å². The number of benzene rings is 1. The Morgan fingerprint density at radius 1 is 1.17 bits per heavy atom. The number of thioether (sulfide) groups is 1. The third-order valence-electron chi connectivity index (χ3n) is 4.46. The van der Waals surface area contributed by atoms with E-state index in [1.54, 1.807) is 11.8 Å². The predicted octanol–water partition coefficient (Wildman–Crippen LogP) is 6.63. The maximum absolute atomic E-state index is 4.18. The van der Waals surface area contributed by atoms with Gasteiger partial charge in [0.15, 0.2) is 0 Å². The van der Waals surface area contributed by atoms with Gasteiger partial charge in [-0.15, -0.1) is 0 Å². The SMILES string of the molecule is C=C(CC1CCCCC1)NC(=C)S/C=C(\C)c1ccc(C)cc1. The maximum Gasteiger partial charge on any atom is 0.0692 e. The molecule has 0 bridgehead atoms. The Balaban J connectivity index is 1.78. The van der Waals surface area contributed by atoms with Gasteiger partial charge in [0.05, 0.1) is 5.03 Å². The van der Waals surface area contributed by atoms with Gasteiger partial charge in [-0.2, -0.15) is 0 Å². The molecule has 1 aromatic carbocycles. The largest absolute Gasteiger partial charge is 0.354 e. The van der Waals surface area contributed by atoms with Crippen molar-refractivity contribution in [2.45, 2.75) is 52.4 Å². The average Bonchev–Trinajstić information content (AvgIpc) is 2.54. The summed E-state index contributed by atoms with van der Waals surface area (Å²) in [5.74, 6) is 0.811. The molecule has 0 aromatic heterocycles. The van der Waals surface area contributed by atoms with Gasteiger partial charge in [0, 0.05) is 5.70 Å². The second-order valence-corrected chi connectivity index (χ2v) is 7.61. The summed E-state index contributed by atoms with van der Waals surface area (Å²) in [6, 6.07) is 8.63. The first kappa shape index (κ1) is 17.9. The van der Waals surface area contributed by atoms with Crippen molar-refractivity contribution in [3.63, 3.8) is 0 Å². The first-order valence-electron chi connectivity index (χ1n) is 8.59. The molecule has 0 spiro atoms. The quantitative estimate of drug-likeness (QED) is 0.603. The number of allylic oxidation sites excluding steroid dienone is 2. The van der Waals surface area contributed by atoms with Crippen molar-refractivity contribution in [1.82, 2.24) is 5.32 Å². The number of hydrogen-bond acceptors (Lipinski definition) is 2. The molecule has 1 fully saturated rings. The molecule has 0 heterocycles. The van der Waals surface area contributed by atoms with Crippen molar-refractivity contribution >= 4 is 17.3 Å². The van der Waals surface area contributed by atoms with Crippen LogP contribution in [0.3, 0.4) is 0 Å². The molecule has 0 atom stereocenters. The molecule has 1 nitrogen and oxygen atoms in total. The van der Waals surface area contributed by atoms with Gasteiger partial charge in [0.1, 0.15) is 0 Å². The molecule has 124 valence electrons. The van der Waals surface area contributed by atoms with Crippen LogP contribution in [-0.2, 0) is 0 Å². The normalized spacial score (nSPS) is 16.2. The molecule has 23 heavy (non-hydrogen) atoms. The number of rotatable bonds is 7. The Bertz CT molecular complexity index is 562. The lowest BCUT2D eigenvalue weighted by Crippen LogP contribution is -2.14. The topological polar surface area (TPSA) is 12.0 Å². The predicted molar refractivity (Wildman–Crippen MR) is 105 cm³/mol. The van der Waals surface area contributed by atoms with E-state index in [-0.39, 0.29) is 0 Å². The smallest absolute Gasteiger partial charge is 0.0692 e. The standard InChI is InChI=1S/C21H29NS/c1-16-10-12-21(13-11-16)17(2)15-23-19(4)22-18(3)14-20-8-6-5-7-9-20/h10-13,15,20,22H,3-9,14H2,1-2H3/b17-15+. The van der Waals surface area contributed by atoms with Crippen molar-refractivity contribution in [3.05, 3.63) is 64.7 Å². The molecule has 2 rings (SSSR count). The maximum atomic E-state index is 4.18. The lowest BCUT2D eigenvalue weighted by molar-refractivity contribution is 0.353. The Morgan fingerprint density at radius 3 is 2.48 bits per heavy atom. The molecular weight excluding hydrogens is 298 g/mol. The van der Waals surface area contributed by atoms with E-state index in [1.807, 2.05) is 0 Å². The van der Waals surface area contributed by atoms with Gasteiger partial charge in [-0.25, -0.2) is 0 Å². The summed E-state index contributed by atoms with van der Waals surface area (Å²) in [6.07, 6.45) is 7.96. The average molecular weight is 328 g/mol. The van der Waals surface area contributed by atoms with Crippen LogP contribution in [0.1, 0.15) is 56.6 Å². The highest BCUT2D eigenvalue weighted by Gasteiger charge is 2.14. The van der Waals surface area contributed by atoms with E-state index in [1.165, 1.54) is 48.8 Å². The molecule has 1 N–H and O–H groups in total. The minimum absolute atomic E-state index is 0.811. The summed E-state index contributed by atoms with van der Waals surface area (Å²) < 4.78 is 0. The van der Waals surface area contributed by atoms with Crippen LogP contribution >= 0.6 is 11.8 Å². The number of aryl methyl sites for hydroxylation is 1. The Morgan fingerprint density at radius 2 is 1.83 bits per heavy atom. The van der Waals surface area contributed by atoms with Gasteiger partial charge in [-0.05, 0) is 42.7 Å². The van der Waals surface area contributed by atoms with Crippen LogP contribution in [0.5, 0.6) is 0 Å². The van der Waals surface area contributed by atoms with Crippen LogP contribution in [0.2, 0.25) is 0 Å². The molecule has 1 saturated carbocycles. The van der Waals surface area contributed by atoms with E-state index >= 15 is 0 Å². The van der Waals surface area contributed by atoms with Crippen LogP contribution in [0.4, 0.5) is 0 Å². The van der Waals surface area contributed by atoms with Crippen LogP contribution in [0.15, 0.2) is 53.6 Å². The van der Waals surface area contributed by atoms with Crippen LogP contribution < -0.4 is 5.32 Å². The minimum Gasteiger partial charge on any atom is -0.354 e. The molecule has 1 aromatic rings. The van der Waals surface area contributed by atoms with Gasteiger partial charge in [0.2, 0.25) is 0 Å². The molecule has 2 heteroatoms. The second kappa shape index (κ2) is 9.02. The fourth-order valence-corrected chi connectivity index (χ4v) is 3.72. The summed E-state index contributed by atoms with van der Waals surface area (Å²) in [5.41, 5.74) is 4.92. The van der Waals surface area contributed by atoms with Crippen LogP contribution in [0.25, 0.3) is 5.57 Å². The molecule has 1 aliphatic carbocycles. The zero-order valence-electron chi connectivity index (χ0n) is 14.5. The first-order valence-corrected chi connectivity index (χ1v) is 9.46. The van der Waals surface area contributed by atoms with Gasteiger partial charge < -0.3 is 5.32 Å². The minimum atomic E-state index is 0.811. The summed E-state index contributed by atoms with van der Waals surface area (Å²) in [4.78, 5) is 0. The number of hydrogen-bond donors (Lipinski definition) is 1. The highest BCUT2D eigenvalue weighted by Crippen LogP contribution is 2.29. The highest BCUT2D eigenvalue weighted by atomic mass is 32.2. The molecule has 0 saturated heterocycles.